The number of carbonyl (C=O) groups is 1. The number of nitrogens with two attached hydrogens (primary N) is 1. The number of benzene rings is 1. The molecule has 1 aliphatic rings. The highest BCUT2D eigenvalue weighted by Gasteiger charge is 2.25. The molecule has 0 saturated carbocycles. The Morgan fingerprint density at radius 3 is 2.31 bits per heavy atom. The fraction of sp³-hybridized carbons (Fsp3) is 0.417. The molecular formula is C12H17ClN2O. The summed E-state index contributed by atoms with van der Waals surface area (Å²) in [7, 11) is 0. The van der Waals surface area contributed by atoms with E-state index in [0.29, 0.717) is 19.5 Å². The first kappa shape index (κ1) is 13.0. The number of amides is 1. The summed E-state index contributed by atoms with van der Waals surface area (Å²) in [6.07, 6.45) is 0.700. The molecule has 2 rings (SSSR count). The van der Waals surface area contributed by atoms with Gasteiger partial charge in [-0.2, -0.15) is 0 Å². The van der Waals surface area contributed by atoms with E-state index >= 15 is 0 Å². The molecule has 0 fully saturated rings. The van der Waals surface area contributed by atoms with Crippen molar-refractivity contribution in [2.75, 3.05) is 0 Å². The van der Waals surface area contributed by atoms with Gasteiger partial charge in [0.1, 0.15) is 0 Å². The number of nitrogens with zero attached hydrogens (tertiary/aromatic N) is 1. The predicted octanol–water partition coefficient (Wildman–Crippen LogP) is 1.69. The SMILES string of the molecule is CC[C@H](N)C(=O)N1Cc2ccccc2C1.Cl. The van der Waals surface area contributed by atoms with Crippen molar-refractivity contribution in [3.8, 4) is 0 Å². The van der Waals surface area contributed by atoms with Crippen LogP contribution in [0, 0.1) is 0 Å². The Morgan fingerprint density at radius 2 is 1.88 bits per heavy atom. The van der Waals surface area contributed by atoms with Crippen molar-refractivity contribution in [2.45, 2.75) is 32.5 Å². The largest absolute Gasteiger partial charge is 0.333 e. The summed E-state index contributed by atoms with van der Waals surface area (Å²) in [6.45, 7) is 3.36. The quantitative estimate of drug-likeness (QED) is 0.855. The lowest BCUT2D eigenvalue weighted by Crippen LogP contribution is -2.40. The van der Waals surface area contributed by atoms with Crippen molar-refractivity contribution in [1.82, 2.24) is 4.90 Å². The highest BCUT2D eigenvalue weighted by atomic mass is 35.5. The zero-order valence-electron chi connectivity index (χ0n) is 9.35. The molecule has 4 heteroatoms. The lowest BCUT2D eigenvalue weighted by atomic mass is 10.1. The van der Waals surface area contributed by atoms with Crippen LogP contribution in [0.1, 0.15) is 24.5 Å². The molecule has 3 nitrogen and oxygen atoms in total. The van der Waals surface area contributed by atoms with E-state index in [0.717, 1.165) is 0 Å². The van der Waals surface area contributed by atoms with Crippen molar-refractivity contribution >= 4 is 18.3 Å². The zero-order chi connectivity index (χ0) is 10.8. The fourth-order valence-corrected chi connectivity index (χ4v) is 1.90. The van der Waals surface area contributed by atoms with Crippen LogP contribution in [0.2, 0.25) is 0 Å². The number of hydrogen-bond donors (Lipinski definition) is 1. The van der Waals surface area contributed by atoms with Crippen LogP contribution in [0.5, 0.6) is 0 Å². The summed E-state index contributed by atoms with van der Waals surface area (Å²) in [5.74, 6) is 0.0636. The highest BCUT2D eigenvalue weighted by molar-refractivity contribution is 5.85. The van der Waals surface area contributed by atoms with E-state index in [1.165, 1.54) is 11.1 Å². The van der Waals surface area contributed by atoms with Crippen molar-refractivity contribution in [2.24, 2.45) is 5.73 Å². The van der Waals surface area contributed by atoms with Gasteiger partial charge in [0.25, 0.3) is 0 Å². The second kappa shape index (κ2) is 5.32. The first-order valence-electron chi connectivity index (χ1n) is 5.33. The third-order valence-electron chi connectivity index (χ3n) is 2.91. The number of hydrogen-bond acceptors (Lipinski definition) is 2. The van der Waals surface area contributed by atoms with Gasteiger partial charge >= 0.3 is 0 Å². The first-order valence-corrected chi connectivity index (χ1v) is 5.33. The van der Waals surface area contributed by atoms with E-state index in [1.807, 2.05) is 24.0 Å². The predicted molar refractivity (Wildman–Crippen MR) is 66.2 cm³/mol. The van der Waals surface area contributed by atoms with Crippen molar-refractivity contribution in [1.29, 1.82) is 0 Å². The molecule has 1 amide bonds. The van der Waals surface area contributed by atoms with Gasteiger partial charge in [0.05, 0.1) is 6.04 Å². The Kier molecular flexibility index (Phi) is 4.33. The Bertz CT molecular complexity index is 356. The van der Waals surface area contributed by atoms with Crippen LogP contribution in [0.15, 0.2) is 24.3 Å². The average molecular weight is 241 g/mol. The van der Waals surface area contributed by atoms with E-state index in [4.69, 9.17) is 5.73 Å². The molecule has 0 aliphatic carbocycles. The van der Waals surface area contributed by atoms with Crippen LogP contribution in [-0.4, -0.2) is 16.8 Å². The van der Waals surface area contributed by atoms with Gasteiger partial charge in [-0.1, -0.05) is 31.2 Å². The summed E-state index contributed by atoms with van der Waals surface area (Å²) in [5, 5.41) is 0. The van der Waals surface area contributed by atoms with E-state index in [2.05, 4.69) is 12.1 Å². The van der Waals surface area contributed by atoms with Crippen LogP contribution < -0.4 is 5.73 Å². The van der Waals surface area contributed by atoms with E-state index in [1.54, 1.807) is 0 Å². The topological polar surface area (TPSA) is 46.3 Å². The monoisotopic (exact) mass is 240 g/mol. The molecule has 0 saturated heterocycles. The number of halogens is 1. The minimum absolute atomic E-state index is 0. The second-order valence-corrected chi connectivity index (χ2v) is 3.98. The van der Waals surface area contributed by atoms with Crippen LogP contribution >= 0.6 is 12.4 Å². The fourth-order valence-electron chi connectivity index (χ4n) is 1.90. The van der Waals surface area contributed by atoms with Gasteiger partial charge in [0.15, 0.2) is 0 Å². The number of rotatable bonds is 2. The minimum Gasteiger partial charge on any atom is -0.333 e. The summed E-state index contributed by atoms with van der Waals surface area (Å²) in [4.78, 5) is 13.7. The zero-order valence-corrected chi connectivity index (χ0v) is 10.2. The molecule has 0 bridgehead atoms. The normalized spacial score (nSPS) is 15.2. The van der Waals surface area contributed by atoms with Crippen molar-refractivity contribution in [3.63, 3.8) is 0 Å². The molecule has 1 aliphatic heterocycles. The molecule has 1 heterocycles. The number of fused-ring (bicyclic) bond motifs is 1. The lowest BCUT2D eigenvalue weighted by molar-refractivity contribution is -0.133. The first-order chi connectivity index (χ1) is 7.22. The molecule has 16 heavy (non-hydrogen) atoms. The van der Waals surface area contributed by atoms with Crippen LogP contribution in [-0.2, 0) is 17.9 Å². The van der Waals surface area contributed by atoms with Crippen molar-refractivity contribution in [3.05, 3.63) is 35.4 Å². The molecule has 0 radical (unpaired) electrons. The Morgan fingerprint density at radius 1 is 1.38 bits per heavy atom. The molecule has 0 spiro atoms. The molecule has 2 N–H and O–H groups in total. The Labute approximate surface area is 102 Å². The summed E-state index contributed by atoms with van der Waals surface area (Å²) in [5.41, 5.74) is 8.23. The van der Waals surface area contributed by atoms with Gasteiger partial charge in [-0.15, -0.1) is 12.4 Å². The maximum atomic E-state index is 11.8. The van der Waals surface area contributed by atoms with Crippen LogP contribution in [0.4, 0.5) is 0 Å². The molecule has 0 unspecified atom stereocenters. The van der Waals surface area contributed by atoms with Gasteiger partial charge in [-0.05, 0) is 17.5 Å². The average Bonchev–Trinajstić information content (AvgIpc) is 2.70. The maximum absolute atomic E-state index is 11.8. The summed E-state index contributed by atoms with van der Waals surface area (Å²) in [6, 6.07) is 7.80. The summed E-state index contributed by atoms with van der Waals surface area (Å²) >= 11 is 0. The van der Waals surface area contributed by atoms with Gasteiger partial charge in [-0.25, -0.2) is 0 Å². The summed E-state index contributed by atoms with van der Waals surface area (Å²) < 4.78 is 0. The third-order valence-corrected chi connectivity index (χ3v) is 2.91. The third kappa shape index (κ3) is 2.36. The maximum Gasteiger partial charge on any atom is 0.240 e. The number of carbonyl (C=O) groups excluding carboxylic acids is 1. The van der Waals surface area contributed by atoms with Gasteiger partial charge in [0, 0.05) is 13.1 Å². The highest BCUT2D eigenvalue weighted by Crippen LogP contribution is 2.22. The van der Waals surface area contributed by atoms with E-state index < -0.39 is 0 Å². The van der Waals surface area contributed by atoms with Crippen LogP contribution in [0.25, 0.3) is 0 Å². The van der Waals surface area contributed by atoms with Crippen LogP contribution in [0.3, 0.4) is 0 Å². The van der Waals surface area contributed by atoms with Crippen molar-refractivity contribution < 1.29 is 4.79 Å². The van der Waals surface area contributed by atoms with Gasteiger partial charge in [-0.3, -0.25) is 4.79 Å². The molecule has 1 aromatic carbocycles. The molecule has 1 atom stereocenters. The molecule has 0 aromatic heterocycles. The molecule has 88 valence electrons. The van der Waals surface area contributed by atoms with E-state index in [-0.39, 0.29) is 24.4 Å². The smallest absolute Gasteiger partial charge is 0.240 e. The van der Waals surface area contributed by atoms with E-state index in [9.17, 15) is 4.79 Å². The second-order valence-electron chi connectivity index (χ2n) is 3.98. The lowest BCUT2D eigenvalue weighted by Gasteiger charge is -2.19. The Hall–Kier alpha value is -1.06. The molecular weight excluding hydrogens is 224 g/mol. The van der Waals surface area contributed by atoms with Gasteiger partial charge in [0.2, 0.25) is 5.91 Å². The van der Waals surface area contributed by atoms with Gasteiger partial charge < -0.3 is 10.6 Å². The Balaban J connectivity index is 0.00000128. The standard InChI is InChI=1S/C12H16N2O.ClH/c1-2-11(13)12(15)14-7-9-5-3-4-6-10(9)8-14;/h3-6,11H,2,7-8,13H2,1H3;1H/t11-;/m0./s1. The minimum atomic E-state index is -0.348. The molecule has 1 aromatic rings.